The molecule has 0 aromatic heterocycles. The van der Waals surface area contributed by atoms with Gasteiger partial charge in [0.2, 0.25) is 0 Å². The molecule has 5 nitrogen and oxygen atoms in total. The van der Waals surface area contributed by atoms with Crippen molar-refractivity contribution in [2.75, 3.05) is 18.3 Å². The fourth-order valence-corrected chi connectivity index (χ4v) is 4.16. The average Bonchev–Trinajstić information content (AvgIpc) is 2.75. The monoisotopic (exact) mass is 422 g/mol. The Hall–Kier alpha value is -3.12. The lowest BCUT2D eigenvalue weighted by Gasteiger charge is -2.17. The smallest absolute Gasteiger partial charge is 0.261 e. The van der Waals surface area contributed by atoms with Crippen LogP contribution in [0.3, 0.4) is 0 Å². The average molecular weight is 423 g/mol. The van der Waals surface area contributed by atoms with Gasteiger partial charge in [-0.05, 0) is 61.7 Å². The van der Waals surface area contributed by atoms with Crippen molar-refractivity contribution in [2.45, 2.75) is 24.7 Å². The molecule has 3 aromatic rings. The first-order valence-electron chi connectivity index (χ1n) is 9.84. The van der Waals surface area contributed by atoms with Crippen molar-refractivity contribution >= 4 is 21.6 Å². The van der Waals surface area contributed by atoms with E-state index in [1.165, 1.54) is 17.7 Å². The third-order valence-corrected chi connectivity index (χ3v) is 6.26. The summed E-state index contributed by atoms with van der Waals surface area (Å²) < 4.78 is 27.7. The Morgan fingerprint density at radius 3 is 2.17 bits per heavy atom. The van der Waals surface area contributed by atoms with Crippen LogP contribution < -0.4 is 4.72 Å². The van der Waals surface area contributed by atoms with Gasteiger partial charge in [-0.2, -0.15) is 0 Å². The standard InChI is InChI=1S/C24H26N2O3S/c1-19-10-14-22(15-11-19)25-30(28,29)23-16-12-21(13-17-23)24(27)26(2)18-6-9-20-7-4-3-5-8-20/h3-5,7-8,10-17,25H,6,9,18H2,1-2H3. The van der Waals surface area contributed by atoms with Crippen LogP contribution in [0.25, 0.3) is 0 Å². The molecule has 0 radical (unpaired) electrons. The molecule has 0 spiro atoms. The van der Waals surface area contributed by atoms with Gasteiger partial charge in [-0.1, -0.05) is 48.0 Å². The molecule has 0 bridgehead atoms. The number of rotatable bonds is 8. The Morgan fingerprint density at radius 1 is 0.900 bits per heavy atom. The highest BCUT2D eigenvalue weighted by molar-refractivity contribution is 7.92. The van der Waals surface area contributed by atoms with Gasteiger partial charge in [0.05, 0.1) is 4.90 Å². The normalized spacial score (nSPS) is 11.1. The number of carbonyl (C=O) groups excluding carboxylic acids is 1. The molecule has 0 unspecified atom stereocenters. The van der Waals surface area contributed by atoms with Crippen molar-refractivity contribution < 1.29 is 13.2 Å². The second-order valence-electron chi connectivity index (χ2n) is 7.31. The van der Waals surface area contributed by atoms with Crippen LogP contribution in [0.5, 0.6) is 0 Å². The third-order valence-electron chi connectivity index (χ3n) is 4.86. The number of anilines is 1. The number of benzene rings is 3. The minimum atomic E-state index is -3.71. The number of carbonyl (C=O) groups is 1. The number of hydrogen-bond acceptors (Lipinski definition) is 3. The predicted molar refractivity (Wildman–Crippen MR) is 120 cm³/mol. The van der Waals surface area contributed by atoms with Gasteiger partial charge < -0.3 is 4.90 Å². The largest absolute Gasteiger partial charge is 0.342 e. The predicted octanol–water partition coefficient (Wildman–Crippen LogP) is 4.50. The van der Waals surface area contributed by atoms with Crippen LogP contribution in [0.15, 0.2) is 83.8 Å². The number of sulfonamides is 1. The number of aryl methyl sites for hydroxylation is 2. The highest BCUT2D eigenvalue weighted by Crippen LogP contribution is 2.18. The van der Waals surface area contributed by atoms with E-state index in [2.05, 4.69) is 16.9 Å². The zero-order valence-corrected chi connectivity index (χ0v) is 18.0. The highest BCUT2D eigenvalue weighted by atomic mass is 32.2. The van der Waals surface area contributed by atoms with E-state index in [4.69, 9.17) is 0 Å². The number of amides is 1. The van der Waals surface area contributed by atoms with E-state index in [1.54, 1.807) is 36.2 Å². The lowest BCUT2D eigenvalue weighted by Crippen LogP contribution is -2.28. The summed E-state index contributed by atoms with van der Waals surface area (Å²) in [5.41, 5.74) is 3.26. The summed E-state index contributed by atoms with van der Waals surface area (Å²) in [5.74, 6) is -0.126. The zero-order chi connectivity index (χ0) is 21.6. The number of nitrogens with zero attached hydrogens (tertiary/aromatic N) is 1. The van der Waals surface area contributed by atoms with E-state index in [1.807, 2.05) is 37.3 Å². The van der Waals surface area contributed by atoms with E-state index in [-0.39, 0.29) is 10.8 Å². The van der Waals surface area contributed by atoms with Gasteiger partial charge in [0.15, 0.2) is 0 Å². The van der Waals surface area contributed by atoms with Crippen molar-refractivity contribution in [3.05, 3.63) is 95.6 Å². The Labute approximate surface area is 178 Å². The molecule has 0 atom stereocenters. The molecule has 0 saturated carbocycles. The summed E-state index contributed by atoms with van der Waals surface area (Å²) in [6.45, 7) is 2.56. The summed E-state index contributed by atoms with van der Waals surface area (Å²) in [7, 11) is -1.95. The fraction of sp³-hybridized carbons (Fsp3) is 0.208. The van der Waals surface area contributed by atoms with Crippen LogP contribution in [-0.4, -0.2) is 32.8 Å². The molecular weight excluding hydrogens is 396 g/mol. The molecule has 1 N–H and O–H groups in total. The van der Waals surface area contributed by atoms with Gasteiger partial charge in [0.1, 0.15) is 0 Å². The molecule has 6 heteroatoms. The Morgan fingerprint density at radius 2 is 1.53 bits per heavy atom. The van der Waals surface area contributed by atoms with Crippen LogP contribution >= 0.6 is 0 Å². The summed E-state index contributed by atoms with van der Waals surface area (Å²) in [6, 6.07) is 23.3. The van der Waals surface area contributed by atoms with Crippen molar-refractivity contribution in [3.63, 3.8) is 0 Å². The quantitative estimate of drug-likeness (QED) is 0.581. The highest BCUT2D eigenvalue weighted by Gasteiger charge is 2.16. The molecule has 3 aromatic carbocycles. The SMILES string of the molecule is Cc1ccc(NS(=O)(=O)c2ccc(C(=O)N(C)CCCc3ccccc3)cc2)cc1. The molecule has 0 heterocycles. The summed E-state index contributed by atoms with van der Waals surface area (Å²) in [5, 5.41) is 0. The lowest BCUT2D eigenvalue weighted by molar-refractivity contribution is 0.0793. The van der Waals surface area contributed by atoms with Crippen molar-refractivity contribution in [2.24, 2.45) is 0 Å². The topological polar surface area (TPSA) is 66.5 Å². The molecule has 0 aliphatic rings. The molecule has 1 amide bonds. The van der Waals surface area contributed by atoms with Gasteiger partial charge in [0, 0.05) is 24.8 Å². The van der Waals surface area contributed by atoms with Gasteiger partial charge in [-0.3, -0.25) is 9.52 Å². The third kappa shape index (κ3) is 5.70. The molecule has 0 saturated heterocycles. The minimum absolute atomic E-state index is 0.117. The maximum Gasteiger partial charge on any atom is 0.261 e. The van der Waals surface area contributed by atoms with Crippen LogP contribution in [0, 0.1) is 6.92 Å². The van der Waals surface area contributed by atoms with E-state index in [0.717, 1.165) is 18.4 Å². The Balaban J connectivity index is 1.59. The second-order valence-corrected chi connectivity index (χ2v) is 8.99. The molecule has 0 aliphatic carbocycles. The number of hydrogen-bond donors (Lipinski definition) is 1. The molecule has 0 fully saturated rings. The summed E-state index contributed by atoms with van der Waals surface area (Å²) >= 11 is 0. The lowest BCUT2D eigenvalue weighted by atomic mass is 10.1. The first-order valence-corrected chi connectivity index (χ1v) is 11.3. The molecular formula is C24H26N2O3S. The van der Waals surface area contributed by atoms with E-state index in [9.17, 15) is 13.2 Å². The van der Waals surface area contributed by atoms with Crippen LogP contribution in [0.2, 0.25) is 0 Å². The molecule has 156 valence electrons. The molecule has 0 aliphatic heterocycles. The minimum Gasteiger partial charge on any atom is -0.342 e. The van der Waals surface area contributed by atoms with Crippen molar-refractivity contribution in [1.82, 2.24) is 4.90 Å². The van der Waals surface area contributed by atoms with E-state index in [0.29, 0.717) is 17.8 Å². The van der Waals surface area contributed by atoms with Gasteiger partial charge in [-0.15, -0.1) is 0 Å². The Kier molecular flexibility index (Phi) is 6.90. The fourth-order valence-electron chi connectivity index (χ4n) is 3.10. The number of nitrogens with one attached hydrogen (secondary N) is 1. The van der Waals surface area contributed by atoms with Crippen molar-refractivity contribution in [1.29, 1.82) is 0 Å². The van der Waals surface area contributed by atoms with E-state index >= 15 is 0 Å². The first kappa shape index (κ1) is 21.6. The first-order chi connectivity index (χ1) is 14.3. The summed E-state index contributed by atoms with van der Waals surface area (Å²) in [4.78, 5) is 14.4. The Bertz CT molecular complexity index is 1080. The molecule has 3 rings (SSSR count). The van der Waals surface area contributed by atoms with Gasteiger partial charge in [0.25, 0.3) is 15.9 Å². The second kappa shape index (κ2) is 9.59. The van der Waals surface area contributed by atoms with Crippen LogP contribution in [0.4, 0.5) is 5.69 Å². The molecule has 30 heavy (non-hydrogen) atoms. The van der Waals surface area contributed by atoms with E-state index < -0.39 is 10.0 Å². The maximum absolute atomic E-state index is 12.6. The maximum atomic E-state index is 12.6. The van der Waals surface area contributed by atoms with Gasteiger partial charge in [-0.25, -0.2) is 8.42 Å². The van der Waals surface area contributed by atoms with Crippen molar-refractivity contribution in [3.8, 4) is 0 Å². The van der Waals surface area contributed by atoms with Crippen LogP contribution in [0.1, 0.15) is 27.9 Å². The summed E-state index contributed by atoms with van der Waals surface area (Å²) in [6.07, 6.45) is 1.76. The van der Waals surface area contributed by atoms with Crippen LogP contribution in [-0.2, 0) is 16.4 Å². The van der Waals surface area contributed by atoms with Gasteiger partial charge >= 0.3 is 0 Å². The zero-order valence-electron chi connectivity index (χ0n) is 17.2.